The number of rotatable bonds is 7. The van der Waals surface area contributed by atoms with Crippen molar-refractivity contribution >= 4 is 57.4 Å². The highest BCUT2D eigenvalue weighted by Crippen LogP contribution is 2.40. The normalized spacial score (nSPS) is 16.6. The quantitative estimate of drug-likeness (QED) is 0.466. The Kier molecular flexibility index (Phi) is 7.40. The van der Waals surface area contributed by atoms with E-state index in [4.69, 9.17) is 26.1 Å². The molecule has 1 atom stereocenters. The van der Waals surface area contributed by atoms with Crippen LogP contribution >= 0.6 is 23.4 Å². The van der Waals surface area contributed by atoms with Crippen LogP contribution in [0.5, 0.6) is 11.5 Å². The number of halogens is 1. The van der Waals surface area contributed by atoms with Gasteiger partial charge in [-0.25, -0.2) is 4.99 Å². The van der Waals surface area contributed by atoms with E-state index in [1.807, 2.05) is 24.3 Å². The van der Waals surface area contributed by atoms with Crippen LogP contribution in [0.2, 0.25) is 5.02 Å². The predicted molar refractivity (Wildman–Crippen MR) is 137 cm³/mol. The van der Waals surface area contributed by atoms with Crippen molar-refractivity contribution < 1.29 is 19.1 Å². The molecule has 0 spiro atoms. The zero-order valence-corrected chi connectivity index (χ0v) is 20.1. The molecule has 7 nitrogen and oxygen atoms in total. The molecule has 0 aliphatic carbocycles. The average Bonchev–Trinajstić information content (AvgIpc) is 3.14. The number of carbonyl (C=O) groups excluding carboxylic acids is 2. The van der Waals surface area contributed by atoms with Gasteiger partial charge in [0.25, 0.3) is 0 Å². The Morgan fingerprint density at radius 1 is 1.00 bits per heavy atom. The van der Waals surface area contributed by atoms with E-state index < -0.39 is 5.25 Å². The molecule has 34 heavy (non-hydrogen) atoms. The lowest BCUT2D eigenvalue weighted by molar-refractivity contribution is -0.121. The van der Waals surface area contributed by atoms with Gasteiger partial charge in [0, 0.05) is 6.42 Å². The molecule has 1 N–H and O–H groups in total. The summed E-state index contributed by atoms with van der Waals surface area (Å²) < 4.78 is 10.9. The van der Waals surface area contributed by atoms with Gasteiger partial charge in [0.2, 0.25) is 11.8 Å². The fraction of sp³-hybridized carbons (Fsp3) is 0.160. The van der Waals surface area contributed by atoms with E-state index >= 15 is 0 Å². The van der Waals surface area contributed by atoms with Crippen LogP contribution in [-0.4, -0.2) is 36.5 Å². The number of thioether (sulfide) groups is 1. The first-order chi connectivity index (χ1) is 16.5. The molecule has 174 valence electrons. The molecule has 0 bridgehead atoms. The molecule has 1 aliphatic rings. The van der Waals surface area contributed by atoms with Crippen LogP contribution in [0.25, 0.3) is 0 Å². The highest BCUT2D eigenvalue weighted by atomic mass is 35.5. The van der Waals surface area contributed by atoms with Crippen molar-refractivity contribution in [2.45, 2.75) is 11.7 Å². The van der Waals surface area contributed by atoms with Crippen molar-refractivity contribution in [1.82, 2.24) is 0 Å². The largest absolute Gasteiger partial charge is 0.495 e. The molecule has 4 rings (SSSR count). The second-order valence-electron chi connectivity index (χ2n) is 7.25. The number of hydrogen-bond acceptors (Lipinski definition) is 6. The maximum Gasteiger partial charge on any atom is 0.247 e. The molecular formula is C25H22ClN3O4S. The van der Waals surface area contributed by atoms with Crippen molar-refractivity contribution in [3.8, 4) is 11.5 Å². The SMILES string of the molecule is COc1ccccc1N=C1S[C@@H](CC(=O)Nc2ccccc2Cl)C(=O)N1c1ccccc1OC. The number of amidine groups is 1. The van der Waals surface area contributed by atoms with Gasteiger partial charge in [-0.2, -0.15) is 0 Å². The lowest BCUT2D eigenvalue weighted by Gasteiger charge is -2.19. The van der Waals surface area contributed by atoms with E-state index in [9.17, 15) is 9.59 Å². The minimum atomic E-state index is -0.680. The van der Waals surface area contributed by atoms with Gasteiger partial charge in [-0.15, -0.1) is 0 Å². The first-order valence-corrected chi connectivity index (χ1v) is 11.7. The van der Waals surface area contributed by atoms with Gasteiger partial charge in [0.1, 0.15) is 22.4 Å². The second kappa shape index (κ2) is 10.6. The van der Waals surface area contributed by atoms with Gasteiger partial charge in [-0.3, -0.25) is 14.5 Å². The molecule has 1 fully saturated rings. The number of para-hydroxylation sites is 5. The van der Waals surface area contributed by atoms with Crippen molar-refractivity contribution in [1.29, 1.82) is 0 Å². The maximum atomic E-state index is 13.5. The predicted octanol–water partition coefficient (Wildman–Crippen LogP) is 5.52. The highest BCUT2D eigenvalue weighted by Gasteiger charge is 2.41. The fourth-order valence-electron chi connectivity index (χ4n) is 3.47. The Hall–Kier alpha value is -3.49. The average molecular weight is 496 g/mol. The van der Waals surface area contributed by atoms with E-state index in [0.29, 0.717) is 38.8 Å². The highest BCUT2D eigenvalue weighted by molar-refractivity contribution is 8.16. The van der Waals surface area contributed by atoms with E-state index in [1.165, 1.54) is 23.8 Å². The molecule has 0 aromatic heterocycles. The van der Waals surface area contributed by atoms with E-state index in [2.05, 4.69) is 5.32 Å². The van der Waals surface area contributed by atoms with Crippen LogP contribution in [0.15, 0.2) is 77.8 Å². The van der Waals surface area contributed by atoms with Gasteiger partial charge in [-0.05, 0) is 36.4 Å². The fourth-order valence-corrected chi connectivity index (χ4v) is 4.79. The summed E-state index contributed by atoms with van der Waals surface area (Å²) in [6.45, 7) is 0. The number of methoxy groups -OCH3 is 2. The Balaban J connectivity index is 1.67. The van der Waals surface area contributed by atoms with Crippen molar-refractivity contribution in [2.24, 2.45) is 4.99 Å². The number of aliphatic imine (C=N–C) groups is 1. The molecule has 3 aromatic rings. The van der Waals surface area contributed by atoms with E-state index in [1.54, 1.807) is 55.6 Å². The summed E-state index contributed by atoms with van der Waals surface area (Å²) in [4.78, 5) is 32.5. The van der Waals surface area contributed by atoms with Crippen LogP contribution in [0.1, 0.15) is 6.42 Å². The Morgan fingerprint density at radius 2 is 1.65 bits per heavy atom. The Bertz CT molecular complexity index is 1250. The molecule has 2 amide bonds. The zero-order chi connectivity index (χ0) is 24.1. The summed E-state index contributed by atoms with van der Waals surface area (Å²) in [6, 6.07) is 21.4. The van der Waals surface area contributed by atoms with Crippen molar-refractivity contribution in [2.75, 3.05) is 24.4 Å². The smallest absolute Gasteiger partial charge is 0.247 e. The van der Waals surface area contributed by atoms with E-state index in [-0.39, 0.29) is 18.2 Å². The number of nitrogens with zero attached hydrogens (tertiary/aromatic N) is 2. The molecule has 3 aromatic carbocycles. The summed E-state index contributed by atoms with van der Waals surface area (Å²) in [5, 5.41) is 2.95. The third-order valence-corrected chi connectivity index (χ3v) is 6.55. The first-order valence-electron chi connectivity index (χ1n) is 10.4. The number of amides is 2. The van der Waals surface area contributed by atoms with Crippen LogP contribution in [-0.2, 0) is 9.59 Å². The molecule has 9 heteroatoms. The minimum Gasteiger partial charge on any atom is -0.495 e. The van der Waals surface area contributed by atoms with Gasteiger partial charge >= 0.3 is 0 Å². The number of hydrogen-bond donors (Lipinski definition) is 1. The standard InChI is InChI=1S/C25H22ClN3O4S/c1-32-20-13-7-5-11-18(20)28-25-29(19-12-6-8-14-21(19)33-2)24(31)22(34-25)15-23(30)27-17-10-4-3-9-16(17)26/h3-14,22H,15H2,1-2H3,(H,27,30)/t22-/m0/s1. The van der Waals surface area contributed by atoms with E-state index in [0.717, 1.165) is 0 Å². The molecule has 0 saturated carbocycles. The second-order valence-corrected chi connectivity index (χ2v) is 8.83. The number of nitrogens with one attached hydrogen (secondary N) is 1. The topological polar surface area (TPSA) is 80.2 Å². The van der Waals surface area contributed by atoms with Gasteiger partial charge in [-0.1, -0.05) is 59.8 Å². The van der Waals surface area contributed by atoms with Crippen molar-refractivity contribution in [3.05, 3.63) is 77.8 Å². The summed E-state index contributed by atoms with van der Waals surface area (Å²) in [5.41, 5.74) is 1.61. The molecular weight excluding hydrogens is 474 g/mol. The van der Waals surface area contributed by atoms with Crippen LogP contribution in [0.3, 0.4) is 0 Å². The first kappa shape index (κ1) is 23.7. The van der Waals surface area contributed by atoms with Crippen LogP contribution in [0, 0.1) is 0 Å². The number of ether oxygens (including phenoxy) is 2. The van der Waals surface area contributed by atoms with Gasteiger partial charge in [0.15, 0.2) is 5.17 Å². The van der Waals surface area contributed by atoms with Gasteiger partial charge in [0.05, 0.1) is 30.6 Å². The van der Waals surface area contributed by atoms with Crippen molar-refractivity contribution in [3.63, 3.8) is 0 Å². The Morgan fingerprint density at radius 3 is 2.38 bits per heavy atom. The molecule has 1 heterocycles. The summed E-state index contributed by atoms with van der Waals surface area (Å²) in [6.07, 6.45) is -0.0503. The van der Waals surface area contributed by atoms with Crippen LogP contribution < -0.4 is 19.7 Å². The minimum absolute atomic E-state index is 0.0503. The lowest BCUT2D eigenvalue weighted by atomic mass is 10.2. The summed E-state index contributed by atoms with van der Waals surface area (Å²) in [5.74, 6) is 0.503. The molecule has 1 saturated heterocycles. The monoisotopic (exact) mass is 495 g/mol. The lowest BCUT2D eigenvalue weighted by Crippen LogP contribution is -2.33. The molecule has 0 radical (unpaired) electrons. The number of benzene rings is 3. The zero-order valence-electron chi connectivity index (χ0n) is 18.5. The Labute approximate surface area is 206 Å². The summed E-state index contributed by atoms with van der Waals surface area (Å²) in [7, 11) is 3.10. The maximum absolute atomic E-state index is 13.5. The number of carbonyl (C=O) groups is 2. The summed E-state index contributed by atoms with van der Waals surface area (Å²) >= 11 is 7.37. The third-order valence-electron chi connectivity index (χ3n) is 5.08. The van der Waals surface area contributed by atoms with Gasteiger partial charge < -0.3 is 14.8 Å². The third kappa shape index (κ3) is 5.03. The van der Waals surface area contributed by atoms with Crippen LogP contribution in [0.4, 0.5) is 17.1 Å². The molecule has 0 unspecified atom stereocenters. The number of anilines is 2. The molecule has 1 aliphatic heterocycles.